The van der Waals surface area contributed by atoms with Crippen LogP contribution in [0, 0.1) is 0 Å². The largest absolute Gasteiger partial charge is 0.478 e. The van der Waals surface area contributed by atoms with Crippen LogP contribution in [0.4, 0.5) is 5.69 Å². The highest BCUT2D eigenvalue weighted by molar-refractivity contribution is 5.93. The molecule has 1 heterocycles. The van der Waals surface area contributed by atoms with E-state index >= 15 is 0 Å². The van der Waals surface area contributed by atoms with Gasteiger partial charge in [-0.1, -0.05) is 24.3 Å². The van der Waals surface area contributed by atoms with Crippen LogP contribution in [-0.4, -0.2) is 30.2 Å². The van der Waals surface area contributed by atoms with Gasteiger partial charge in [0.25, 0.3) is 0 Å². The van der Waals surface area contributed by atoms with Gasteiger partial charge in [-0.3, -0.25) is 0 Å². The molecule has 4 nitrogen and oxygen atoms in total. The summed E-state index contributed by atoms with van der Waals surface area (Å²) in [5.41, 5.74) is 4.15. The molecule has 1 N–H and O–H groups in total. The fourth-order valence-corrected chi connectivity index (χ4v) is 2.43. The van der Waals surface area contributed by atoms with Crippen LogP contribution in [0.3, 0.4) is 0 Å². The third-order valence-corrected chi connectivity index (χ3v) is 3.81. The molecule has 0 aliphatic rings. The Balaban J connectivity index is 1.84. The lowest BCUT2D eigenvalue weighted by molar-refractivity contribution is 0.0697. The Morgan fingerprint density at radius 3 is 2.42 bits per heavy atom. The predicted octanol–water partition coefficient (Wildman–Crippen LogP) is 4.17. The minimum absolute atomic E-state index is 0.272. The highest BCUT2D eigenvalue weighted by Gasteiger charge is 2.04. The molecule has 4 heteroatoms. The van der Waals surface area contributed by atoms with Gasteiger partial charge in [0.1, 0.15) is 0 Å². The van der Waals surface area contributed by atoms with Gasteiger partial charge in [0.15, 0.2) is 0 Å². The van der Waals surface area contributed by atoms with Gasteiger partial charge in [0.2, 0.25) is 0 Å². The maximum atomic E-state index is 11.0. The molecule has 3 rings (SSSR count). The van der Waals surface area contributed by atoms with Gasteiger partial charge in [0, 0.05) is 25.2 Å². The normalized spacial score (nSPS) is 11.1. The Kier molecular flexibility index (Phi) is 4.29. The average Bonchev–Trinajstić information content (AvgIpc) is 2.59. The number of nitrogens with zero attached hydrogens (tertiary/aromatic N) is 2. The van der Waals surface area contributed by atoms with E-state index in [0.29, 0.717) is 0 Å². The van der Waals surface area contributed by atoms with E-state index < -0.39 is 5.97 Å². The number of aromatic nitrogens is 1. The number of hydrogen-bond donors (Lipinski definition) is 1. The van der Waals surface area contributed by atoms with Crippen LogP contribution in [0.1, 0.15) is 21.6 Å². The van der Waals surface area contributed by atoms with Crippen LogP contribution in [0.2, 0.25) is 0 Å². The van der Waals surface area contributed by atoms with Crippen LogP contribution in [-0.2, 0) is 0 Å². The lowest BCUT2D eigenvalue weighted by Gasteiger charge is -2.11. The van der Waals surface area contributed by atoms with Crippen LogP contribution in [0.5, 0.6) is 0 Å². The van der Waals surface area contributed by atoms with Gasteiger partial charge in [-0.2, -0.15) is 0 Å². The summed E-state index contributed by atoms with van der Waals surface area (Å²) in [6.07, 6.45) is 3.97. The summed E-state index contributed by atoms with van der Waals surface area (Å²) < 4.78 is 0. The molecule has 0 amide bonds. The smallest absolute Gasteiger partial charge is 0.335 e. The van der Waals surface area contributed by atoms with Crippen molar-refractivity contribution in [2.24, 2.45) is 0 Å². The monoisotopic (exact) mass is 318 g/mol. The maximum Gasteiger partial charge on any atom is 0.335 e. The van der Waals surface area contributed by atoms with Crippen molar-refractivity contribution in [1.82, 2.24) is 4.98 Å². The number of rotatable bonds is 4. The third kappa shape index (κ3) is 3.43. The Morgan fingerprint density at radius 2 is 1.75 bits per heavy atom. The van der Waals surface area contributed by atoms with Gasteiger partial charge in [0.05, 0.1) is 16.8 Å². The molecule has 0 fully saturated rings. The molecule has 2 aromatic carbocycles. The first kappa shape index (κ1) is 15.7. The minimum atomic E-state index is -0.929. The third-order valence-electron chi connectivity index (χ3n) is 3.81. The second-order valence-electron chi connectivity index (χ2n) is 5.77. The van der Waals surface area contributed by atoms with Crippen molar-refractivity contribution in [2.45, 2.75) is 0 Å². The molecule has 0 saturated heterocycles. The minimum Gasteiger partial charge on any atom is -0.478 e. The number of pyridine rings is 1. The lowest BCUT2D eigenvalue weighted by Crippen LogP contribution is -2.07. The highest BCUT2D eigenvalue weighted by Crippen LogP contribution is 2.17. The summed E-state index contributed by atoms with van der Waals surface area (Å²) >= 11 is 0. The van der Waals surface area contributed by atoms with Gasteiger partial charge >= 0.3 is 5.97 Å². The summed E-state index contributed by atoms with van der Waals surface area (Å²) in [5, 5.41) is 9.85. The van der Waals surface area contributed by atoms with E-state index in [0.717, 1.165) is 27.8 Å². The second kappa shape index (κ2) is 6.54. The number of carboxylic acid groups (broad SMARTS) is 1. The average molecular weight is 318 g/mol. The number of hydrogen-bond acceptors (Lipinski definition) is 3. The van der Waals surface area contributed by atoms with Crippen molar-refractivity contribution in [1.29, 1.82) is 0 Å². The summed E-state index contributed by atoms with van der Waals surface area (Å²) in [7, 11) is 4.03. The summed E-state index contributed by atoms with van der Waals surface area (Å²) in [5.74, 6) is -0.929. The maximum absolute atomic E-state index is 11.0. The Morgan fingerprint density at radius 1 is 1.00 bits per heavy atom. The molecule has 24 heavy (non-hydrogen) atoms. The van der Waals surface area contributed by atoms with Crippen LogP contribution >= 0.6 is 0 Å². The molecular weight excluding hydrogens is 300 g/mol. The summed E-state index contributed by atoms with van der Waals surface area (Å²) in [4.78, 5) is 17.6. The van der Waals surface area contributed by atoms with E-state index in [2.05, 4.69) is 34.1 Å². The van der Waals surface area contributed by atoms with E-state index in [1.807, 2.05) is 38.4 Å². The molecule has 0 radical (unpaired) electrons. The number of aromatic carboxylic acids is 1. The molecule has 0 unspecified atom stereocenters. The second-order valence-corrected chi connectivity index (χ2v) is 5.77. The molecule has 0 spiro atoms. The molecule has 0 saturated carbocycles. The molecule has 1 aromatic heterocycles. The van der Waals surface area contributed by atoms with Gasteiger partial charge < -0.3 is 10.0 Å². The van der Waals surface area contributed by atoms with Crippen molar-refractivity contribution in [3.63, 3.8) is 0 Å². The molecule has 0 aliphatic heterocycles. The lowest BCUT2D eigenvalue weighted by atomic mass is 10.1. The van der Waals surface area contributed by atoms with E-state index in [-0.39, 0.29) is 5.56 Å². The Hall–Kier alpha value is -3.14. The molecule has 120 valence electrons. The first-order chi connectivity index (χ1) is 11.5. The molecule has 0 atom stereocenters. The summed E-state index contributed by atoms with van der Waals surface area (Å²) in [6.45, 7) is 0. The fourth-order valence-electron chi connectivity index (χ4n) is 2.43. The zero-order valence-corrected chi connectivity index (χ0v) is 13.6. The number of benzene rings is 2. The SMILES string of the molecule is CN(C)c1ccc(C=Cc2ccc3cc(C(=O)O)ccc3n2)cc1. The highest BCUT2D eigenvalue weighted by atomic mass is 16.4. The van der Waals surface area contributed by atoms with Gasteiger partial charge in [-0.15, -0.1) is 0 Å². The van der Waals surface area contributed by atoms with Crippen molar-refractivity contribution >= 4 is 34.7 Å². The number of carboxylic acids is 1. The number of anilines is 1. The van der Waals surface area contributed by atoms with Crippen LogP contribution < -0.4 is 4.90 Å². The number of fused-ring (bicyclic) bond motifs is 1. The van der Waals surface area contributed by atoms with Crippen molar-refractivity contribution in [3.05, 3.63) is 71.4 Å². The Labute approximate surface area is 140 Å². The van der Waals surface area contributed by atoms with Crippen molar-refractivity contribution in [2.75, 3.05) is 19.0 Å². The zero-order valence-electron chi connectivity index (χ0n) is 13.6. The van der Waals surface area contributed by atoms with E-state index in [1.165, 1.54) is 0 Å². The standard InChI is InChI=1S/C20H18N2O2/c1-22(2)18-10-4-14(5-11-18)3-8-17-9-6-15-13-16(20(23)24)7-12-19(15)21-17/h3-13H,1-2H3,(H,23,24). The van der Waals surface area contributed by atoms with E-state index in [9.17, 15) is 4.79 Å². The van der Waals surface area contributed by atoms with Crippen molar-refractivity contribution < 1.29 is 9.90 Å². The van der Waals surface area contributed by atoms with E-state index in [4.69, 9.17) is 5.11 Å². The van der Waals surface area contributed by atoms with Crippen LogP contribution in [0.15, 0.2) is 54.6 Å². The van der Waals surface area contributed by atoms with Crippen LogP contribution in [0.25, 0.3) is 23.1 Å². The molecule has 0 aliphatic carbocycles. The first-order valence-electron chi connectivity index (χ1n) is 7.62. The molecule has 3 aromatic rings. The van der Waals surface area contributed by atoms with Gasteiger partial charge in [-0.25, -0.2) is 9.78 Å². The fraction of sp³-hybridized carbons (Fsp3) is 0.100. The topological polar surface area (TPSA) is 53.4 Å². The van der Waals surface area contributed by atoms with Crippen molar-refractivity contribution in [3.8, 4) is 0 Å². The first-order valence-corrected chi connectivity index (χ1v) is 7.62. The quantitative estimate of drug-likeness (QED) is 0.784. The zero-order chi connectivity index (χ0) is 17.1. The molecule has 0 bridgehead atoms. The van der Waals surface area contributed by atoms with Gasteiger partial charge in [-0.05, 0) is 48.0 Å². The summed E-state index contributed by atoms with van der Waals surface area (Å²) in [6, 6.07) is 17.0. The van der Waals surface area contributed by atoms with E-state index in [1.54, 1.807) is 18.2 Å². The molecular formula is C20H18N2O2. The number of carbonyl (C=O) groups is 1. The predicted molar refractivity (Wildman–Crippen MR) is 98.4 cm³/mol. The Bertz CT molecular complexity index is 913.